The Balaban J connectivity index is 1.71. The van der Waals surface area contributed by atoms with Gasteiger partial charge in [0.05, 0.1) is 5.25 Å². The summed E-state index contributed by atoms with van der Waals surface area (Å²) in [5.74, 6) is 0.0810. The van der Waals surface area contributed by atoms with E-state index in [1.807, 2.05) is 18.2 Å². The van der Waals surface area contributed by atoms with Crippen molar-refractivity contribution in [3.05, 3.63) is 35.9 Å². The van der Waals surface area contributed by atoms with E-state index in [-0.39, 0.29) is 23.9 Å². The van der Waals surface area contributed by atoms with Crippen LogP contribution in [0.3, 0.4) is 0 Å². The fraction of sp³-hybridized carbons (Fsp3) is 0.500. The molecule has 5 nitrogen and oxygen atoms in total. The van der Waals surface area contributed by atoms with Crippen LogP contribution < -0.4 is 0 Å². The van der Waals surface area contributed by atoms with E-state index in [4.69, 9.17) is 0 Å². The van der Waals surface area contributed by atoms with E-state index in [0.29, 0.717) is 31.5 Å². The quantitative estimate of drug-likeness (QED) is 0.716. The second-order valence-corrected chi connectivity index (χ2v) is 8.08. The van der Waals surface area contributed by atoms with Gasteiger partial charge in [-0.1, -0.05) is 37.3 Å². The van der Waals surface area contributed by atoms with Gasteiger partial charge in [-0.25, -0.2) is 8.42 Å². The van der Waals surface area contributed by atoms with Gasteiger partial charge in [0, 0.05) is 37.2 Å². The third-order valence-electron chi connectivity index (χ3n) is 4.00. The van der Waals surface area contributed by atoms with E-state index >= 15 is 0 Å². The zero-order valence-corrected chi connectivity index (χ0v) is 13.5. The number of carbonyl (C=O) groups excluding carboxylic acids is 2. The van der Waals surface area contributed by atoms with Crippen LogP contribution in [0.25, 0.3) is 0 Å². The predicted octanol–water partition coefficient (Wildman–Crippen LogP) is 1.69. The zero-order chi connectivity index (χ0) is 16.2. The minimum atomic E-state index is -3.05. The van der Waals surface area contributed by atoms with Crippen LogP contribution in [0.5, 0.6) is 0 Å². The fourth-order valence-corrected chi connectivity index (χ4v) is 3.72. The van der Waals surface area contributed by atoms with Gasteiger partial charge in [-0.15, -0.1) is 0 Å². The molecule has 0 aromatic heterocycles. The lowest BCUT2D eigenvalue weighted by Gasteiger charge is -2.38. The summed E-state index contributed by atoms with van der Waals surface area (Å²) in [5, 5.41) is -0.410. The van der Waals surface area contributed by atoms with Crippen molar-refractivity contribution in [2.75, 3.05) is 18.8 Å². The summed E-state index contributed by atoms with van der Waals surface area (Å²) in [5.41, 5.74) is 0.660. The topological polar surface area (TPSA) is 71.5 Å². The number of hydrogen-bond donors (Lipinski definition) is 0. The molecule has 22 heavy (non-hydrogen) atoms. The maximum atomic E-state index is 11.9. The summed E-state index contributed by atoms with van der Waals surface area (Å²) >= 11 is 0. The molecule has 0 atom stereocenters. The highest BCUT2D eigenvalue weighted by Gasteiger charge is 2.38. The number of amides is 1. The highest BCUT2D eigenvalue weighted by Crippen LogP contribution is 2.19. The molecule has 0 radical (unpaired) electrons. The molecule has 0 N–H and O–H groups in total. The van der Waals surface area contributed by atoms with Crippen LogP contribution in [0.1, 0.15) is 36.5 Å². The second-order valence-electron chi connectivity index (χ2n) is 5.52. The first-order chi connectivity index (χ1) is 10.4. The SMILES string of the molecule is CCS(=O)(=O)C1CN(C(=O)CCCC(=O)c2ccccc2)C1. The number of carbonyl (C=O) groups is 2. The normalized spacial score (nSPS) is 15.4. The Labute approximate surface area is 131 Å². The van der Waals surface area contributed by atoms with Gasteiger partial charge in [-0.3, -0.25) is 9.59 Å². The molecule has 0 unspecified atom stereocenters. The zero-order valence-electron chi connectivity index (χ0n) is 12.7. The van der Waals surface area contributed by atoms with E-state index in [1.54, 1.807) is 24.0 Å². The number of Topliss-reactive ketones (excluding diaryl/α,β-unsaturated/α-hetero) is 1. The van der Waals surface area contributed by atoms with Crippen molar-refractivity contribution in [3.8, 4) is 0 Å². The molecular formula is C16H21NO4S. The van der Waals surface area contributed by atoms with Gasteiger partial charge < -0.3 is 4.90 Å². The highest BCUT2D eigenvalue weighted by molar-refractivity contribution is 7.92. The van der Waals surface area contributed by atoms with E-state index in [2.05, 4.69) is 0 Å². The monoisotopic (exact) mass is 323 g/mol. The fourth-order valence-electron chi connectivity index (χ4n) is 2.43. The molecule has 0 spiro atoms. The van der Waals surface area contributed by atoms with Crippen LogP contribution in [0.15, 0.2) is 30.3 Å². The van der Waals surface area contributed by atoms with Crippen molar-refractivity contribution in [2.24, 2.45) is 0 Å². The number of nitrogens with zero attached hydrogens (tertiary/aromatic N) is 1. The summed E-state index contributed by atoms with van der Waals surface area (Å²) in [6, 6.07) is 9.00. The van der Waals surface area contributed by atoms with E-state index in [0.717, 1.165) is 0 Å². The Morgan fingerprint density at radius 2 is 1.77 bits per heavy atom. The van der Waals surface area contributed by atoms with E-state index < -0.39 is 15.1 Å². The molecule has 0 bridgehead atoms. The average Bonchev–Trinajstić information content (AvgIpc) is 2.46. The molecule has 0 saturated carbocycles. The average molecular weight is 323 g/mol. The number of likely N-dealkylation sites (tertiary alicyclic amines) is 1. The molecule has 2 rings (SSSR count). The first-order valence-corrected chi connectivity index (χ1v) is 9.23. The Morgan fingerprint density at radius 1 is 1.14 bits per heavy atom. The molecule has 1 saturated heterocycles. The number of benzene rings is 1. The van der Waals surface area contributed by atoms with Crippen molar-refractivity contribution in [3.63, 3.8) is 0 Å². The molecule has 1 aromatic rings. The number of ketones is 1. The van der Waals surface area contributed by atoms with Crippen LogP contribution in [-0.2, 0) is 14.6 Å². The third-order valence-corrected chi connectivity index (χ3v) is 6.12. The van der Waals surface area contributed by atoms with Crippen molar-refractivity contribution in [2.45, 2.75) is 31.4 Å². The standard InChI is InChI=1S/C16H21NO4S/c1-2-22(20,21)14-11-17(12-14)16(19)10-6-9-15(18)13-7-4-3-5-8-13/h3-5,7-8,14H,2,6,9-12H2,1H3. The van der Waals surface area contributed by atoms with Crippen LogP contribution in [0.4, 0.5) is 0 Å². The van der Waals surface area contributed by atoms with Crippen molar-refractivity contribution >= 4 is 21.5 Å². The molecule has 6 heteroatoms. The lowest BCUT2D eigenvalue weighted by atomic mass is 10.0. The predicted molar refractivity (Wildman–Crippen MR) is 84.5 cm³/mol. The van der Waals surface area contributed by atoms with Gasteiger partial charge in [0.25, 0.3) is 0 Å². The Hall–Kier alpha value is -1.69. The largest absolute Gasteiger partial charge is 0.340 e. The van der Waals surface area contributed by atoms with Crippen molar-refractivity contribution in [1.29, 1.82) is 0 Å². The molecule has 120 valence electrons. The summed E-state index contributed by atoms with van der Waals surface area (Å²) in [7, 11) is -3.05. The maximum absolute atomic E-state index is 11.9. The first kappa shape index (κ1) is 16.7. The third kappa shape index (κ3) is 3.94. The molecule has 0 aliphatic carbocycles. The maximum Gasteiger partial charge on any atom is 0.222 e. The summed E-state index contributed by atoms with van der Waals surface area (Å²) < 4.78 is 23.3. The molecule has 1 aliphatic heterocycles. The number of rotatable bonds is 7. The summed E-state index contributed by atoms with van der Waals surface area (Å²) in [6.45, 7) is 2.21. The van der Waals surface area contributed by atoms with Gasteiger partial charge >= 0.3 is 0 Å². The molecular weight excluding hydrogens is 302 g/mol. The molecule has 1 aliphatic rings. The molecule has 1 amide bonds. The Bertz CT molecular complexity index is 633. The van der Waals surface area contributed by atoms with Gasteiger partial charge in [-0.05, 0) is 6.42 Å². The smallest absolute Gasteiger partial charge is 0.222 e. The summed E-state index contributed by atoms with van der Waals surface area (Å²) in [6.07, 6.45) is 1.12. The molecule has 1 aromatic carbocycles. The van der Waals surface area contributed by atoms with E-state index in [1.165, 1.54) is 0 Å². The van der Waals surface area contributed by atoms with Crippen LogP contribution in [-0.4, -0.2) is 49.1 Å². The Morgan fingerprint density at radius 3 is 2.36 bits per heavy atom. The van der Waals surface area contributed by atoms with Crippen molar-refractivity contribution in [1.82, 2.24) is 4.90 Å². The van der Waals surface area contributed by atoms with Crippen LogP contribution in [0, 0.1) is 0 Å². The van der Waals surface area contributed by atoms with Crippen LogP contribution >= 0.6 is 0 Å². The number of hydrogen-bond acceptors (Lipinski definition) is 4. The minimum absolute atomic E-state index is 0.0310. The Kier molecular flexibility index (Phi) is 5.34. The van der Waals surface area contributed by atoms with E-state index in [9.17, 15) is 18.0 Å². The van der Waals surface area contributed by atoms with Gasteiger partial charge in [-0.2, -0.15) is 0 Å². The molecule has 1 fully saturated rings. The van der Waals surface area contributed by atoms with Gasteiger partial charge in [0.15, 0.2) is 15.6 Å². The minimum Gasteiger partial charge on any atom is -0.340 e. The molecule has 1 heterocycles. The summed E-state index contributed by atoms with van der Waals surface area (Å²) in [4.78, 5) is 25.4. The number of sulfone groups is 1. The van der Waals surface area contributed by atoms with Gasteiger partial charge in [0.1, 0.15) is 0 Å². The first-order valence-electron chi connectivity index (χ1n) is 7.51. The van der Waals surface area contributed by atoms with Gasteiger partial charge in [0.2, 0.25) is 5.91 Å². The van der Waals surface area contributed by atoms with Crippen LogP contribution in [0.2, 0.25) is 0 Å². The van der Waals surface area contributed by atoms with Crippen molar-refractivity contribution < 1.29 is 18.0 Å². The second kappa shape index (κ2) is 7.05. The lowest BCUT2D eigenvalue weighted by Crippen LogP contribution is -2.57. The highest BCUT2D eigenvalue weighted by atomic mass is 32.2. The lowest BCUT2D eigenvalue weighted by molar-refractivity contribution is -0.134.